The second-order valence-electron chi connectivity index (χ2n) is 4.20. The van der Waals surface area contributed by atoms with Crippen molar-refractivity contribution in [1.29, 1.82) is 0 Å². The van der Waals surface area contributed by atoms with Gasteiger partial charge < -0.3 is 0 Å². The Morgan fingerprint density at radius 3 is 2.00 bits per heavy atom. The molecule has 1 N–H and O–H groups in total. The molecule has 17 heavy (non-hydrogen) atoms. The SMILES string of the molecule is CC(C)C(C)NS(=O)(=O)c1c(Cl)cccc1Cl. The third-order valence-corrected chi connectivity index (χ3v) is 5.04. The van der Waals surface area contributed by atoms with Gasteiger partial charge in [0.05, 0.1) is 10.0 Å². The van der Waals surface area contributed by atoms with Gasteiger partial charge in [-0.1, -0.05) is 43.1 Å². The van der Waals surface area contributed by atoms with E-state index in [1.165, 1.54) is 12.1 Å². The molecule has 0 spiro atoms. The third kappa shape index (κ3) is 3.58. The van der Waals surface area contributed by atoms with Crippen molar-refractivity contribution in [3.8, 4) is 0 Å². The molecule has 0 amide bonds. The first-order chi connectivity index (χ1) is 7.75. The topological polar surface area (TPSA) is 46.2 Å². The molecular weight excluding hydrogens is 281 g/mol. The van der Waals surface area contributed by atoms with Crippen LogP contribution in [0.15, 0.2) is 23.1 Å². The van der Waals surface area contributed by atoms with Crippen LogP contribution in [0.3, 0.4) is 0 Å². The molecule has 0 saturated carbocycles. The van der Waals surface area contributed by atoms with Crippen LogP contribution < -0.4 is 4.72 Å². The van der Waals surface area contributed by atoms with E-state index in [2.05, 4.69) is 4.72 Å². The van der Waals surface area contributed by atoms with Crippen molar-refractivity contribution in [3.63, 3.8) is 0 Å². The molecule has 3 nitrogen and oxygen atoms in total. The van der Waals surface area contributed by atoms with Gasteiger partial charge in [-0.3, -0.25) is 0 Å². The number of benzene rings is 1. The van der Waals surface area contributed by atoms with Crippen LogP contribution >= 0.6 is 23.2 Å². The minimum atomic E-state index is -3.68. The smallest absolute Gasteiger partial charge is 0.208 e. The fourth-order valence-electron chi connectivity index (χ4n) is 1.18. The van der Waals surface area contributed by atoms with Crippen LogP contribution in [0.5, 0.6) is 0 Å². The van der Waals surface area contributed by atoms with Gasteiger partial charge in [0.25, 0.3) is 0 Å². The second kappa shape index (κ2) is 5.57. The lowest BCUT2D eigenvalue weighted by Crippen LogP contribution is -2.36. The van der Waals surface area contributed by atoms with Gasteiger partial charge in [0.15, 0.2) is 0 Å². The van der Waals surface area contributed by atoms with E-state index >= 15 is 0 Å². The zero-order chi connectivity index (χ0) is 13.2. The molecule has 0 saturated heterocycles. The lowest BCUT2D eigenvalue weighted by Gasteiger charge is -2.18. The average molecular weight is 296 g/mol. The van der Waals surface area contributed by atoms with Crippen LogP contribution in [0.25, 0.3) is 0 Å². The predicted molar refractivity (Wildman–Crippen MR) is 71.1 cm³/mol. The van der Waals surface area contributed by atoms with E-state index in [9.17, 15) is 8.42 Å². The molecule has 0 bridgehead atoms. The molecule has 1 rings (SSSR count). The summed E-state index contributed by atoms with van der Waals surface area (Å²) in [6, 6.07) is 4.42. The molecule has 1 unspecified atom stereocenters. The molecule has 1 aromatic rings. The standard InChI is InChI=1S/C11H15Cl2NO2S/c1-7(2)8(3)14-17(15,16)11-9(12)5-4-6-10(11)13/h4-8,14H,1-3H3. The van der Waals surface area contributed by atoms with E-state index in [1.807, 2.05) is 13.8 Å². The van der Waals surface area contributed by atoms with Crippen LogP contribution in [0.1, 0.15) is 20.8 Å². The molecule has 96 valence electrons. The first-order valence-corrected chi connectivity index (χ1v) is 7.46. The lowest BCUT2D eigenvalue weighted by molar-refractivity contribution is 0.476. The van der Waals surface area contributed by atoms with Crippen molar-refractivity contribution in [1.82, 2.24) is 4.72 Å². The Kier molecular flexibility index (Phi) is 4.84. The average Bonchev–Trinajstić information content (AvgIpc) is 2.15. The van der Waals surface area contributed by atoms with E-state index in [0.29, 0.717) is 0 Å². The van der Waals surface area contributed by atoms with Crippen LogP contribution in [-0.2, 0) is 10.0 Å². The zero-order valence-electron chi connectivity index (χ0n) is 9.87. The van der Waals surface area contributed by atoms with Crippen molar-refractivity contribution in [2.24, 2.45) is 5.92 Å². The van der Waals surface area contributed by atoms with Crippen molar-refractivity contribution < 1.29 is 8.42 Å². The molecule has 6 heteroatoms. The highest BCUT2D eigenvalue weighted by Gasteiger charge is 2.24. The maximum Gasteiger partial charge on any atom is 0.243 e. The van der Waals surface area contributed by atoms with Crippen LogP contribution in [0.4, 0.5) is 0 Å². The fourth-order valence-corrected chi connectivity index (χ4v) is 3.71. The normalized spacial score (nSPS) is 14.0. The number of hydrogen-bond donors (Lipinski definition) is 1. The molecule has 1 atom stereocenters. The highest BCUT2D eigenvalue weighted by atomic mass is 35.5. The maximum absolute atomic E-state index is 12.1. The summed E-state index contributed by atoms with van der Waals surface area (Å²) in [7, 11) is -3.68. The summed E-state index contributed by atoms with van der Waals surface area (Å²) in [4.78, 5) is -0.0594. The second-order valence-corrected chi connectivity index (χ2v) is 6.67. The minimum absolute atomic E-state index is 0.0594. The predicted octanol–water partition coefficient (Wildman–Crippen LogP) is 3.32. The largest absolute Gasteiger partial charge is 0.243 e. The first kappa shape index (κ1) is 14.8. The highest BCUT2D eigenvalue weighted by Crippen LogP contribution is 2.29. The van der Waals surface area contributed by atoms with Gasteiger partial charge >= 0.3 is 0 Å². The summed E-state index contributed by atoms with van der Waals surface area (Å²) < 4.78 is 26.8. The van der Waals surface area contributed by atoms with Gasteiger partial charge in [-0.2, -0.15) is 0 Å². The summed E-state index contributed by atoms with van der Waals surface area (Å²) in [5.74, 6) is 0.186. The van der Waals surface area contributed by atoms with E-state index in [0.717, 1.165) is 0 Å². The summed E-state index contributed by atoms with van der Waals surface area (Å²) in [6.07, 6.45) is 0. The fraction of sp³-hybridized carbons (Fsp3) is 0.455. The van der Waals surface area contributed by atoms with Gasteiger partial charge in [0.2, 0.25) is 10.0 Å². The highest BCUT2D eigenvalue weighted by molar-refractivity contribution is 7.89. The Bertz CT molecular complexity index is 480. The monoisotopic (exact) mass is 295 g/mol. The summed E-state index contributed by atoms with van der Waals surface area (Å²) in [6.45, 7) is 5.66. The van der Waals surface area contributed by atoms with E-state index in [4.69, 9.17) is 23.2 Å². The number of rotatable bonds is 4. The molecular formula is C11H15Cl2NO2S. The maximum atomic E-state index is 12.1. The summed E-state index contributed by atoms with van der Waals surface area (Å²) >= 11 is 11.7. The lowest BCUT2D eigenvalue weighted by atomic mass is 10.1. The summed E-state index contributed by atoms with van der Waals surface area (Å²) in [5, 5.41) is 0.252. The Morgan fingerprint density at radius 2 is 1.59 bits per heavy atom. The van der Waals surface area contributed by atoms with Crippen LogP contribution in [-0.4, -0.2) is 14.5 Å². The molecule has 0 radical (unpaired) electrons. The van der Waals surface area contributed by atoms with Crippen LogP contribution in [0.2, 0.25) is 10.0 Å². The molecule has 0 aliphatic rings. The Hall–Kier alpha value is -0.290. The molecule has 0 aromatic heterocycles. The van der Waals surface area contributed by atoms with Gasteiger partial charge in [-0.25, -0.2) is 13.1 Å². The Balaban J connectivity index is 3.14. The summed E-state index contributed by atoms with van der Waals surface area (Å²) in [5.41, 5.74) is 0. The number of nitrogens with one attached hydrogen (secondary N) is 1. The van der Waals surface area contributed by atoms with Crippen molar-refractivity contribution >= 4 is 33.2 Å². The van der Waals surface area contributed by atoms with Gasteiger partial charge in [-0.05, 0) is 25.0 Å². The number of halogens is 2. The van der Waals surface area contributed by atoms with Gasteiger partial charge in [0, 0.05) is 6.04 Å². The van der Waals surface area contributed by atoms with Crippen molar-refractivity contribution in [2.75, 3.05) is 0 Å². The van der Waals surface area contributed by atoms with E-state index < -0.39 is 10.0 Å². The molecule has 0 aliphatic carbocycles. The molecule has 0 aliphatic heterocycles. The molecule has 1 aromatic carbocycles. The Labute approximate surface area is 112 Å². The first-order valence-electron chi connectivity index (χ1n) is 5.22. The zero-order valence-corrected chi connectivity index (χ0v) is 12.2. The van der Waals surface area contributed by atoms with Gasteiger partial charge in [0.1, 0.15) is 4.90 Å². The molecule has 0 fully saturated rings. The van der Waals surface area contributed by atoms with Crippen molar-refractivity contribution in [3.05, 3.63) is 28.2 Å². The Morgan fingerprint density at radius 1 is 1.12 bits per heavy atom. The third-order valence-electron chi connectivity index (χ3n) is 2.53. The number of sulfonamides is 1. The van der Waals surface area contributed by atoms with E-state index in [-0.39, 0.29) is 26.9 Å². The molecule has 0 heterocycles. The minimum Gasteiger partial charge on any atom is -0.208 e. The van der Waals surface area contributed by atoms with Crippen LogP contribution in [0, 0.1) is 5.92 Å². The van der Waals surface area contributed by atoms with Gasteiger partial charge in [-0.15, -0.1) is 0 Å². The number of hydrogen-bond acceptors (Lipinski definition) is 2. The van der Waals surface area contributed by atoms with E-state index in [1.54, 1.807) is 13.0 Å². The quantitative estimate of drug-likeness (QED) is 0.926. The van der Waals surface area contributed by atoms with Crippen molar-refractivity contribution in [2.45, 2.75) is 31.7 Å².